The van der Waals surface area contributed by atoms with Crippen LogP contribution in [0.25, 0.3) is 11.3 Å². The third-order valence-electron chi connectivity index (χ3n) is 3.93. The van der Waals surface area contributed by atoms with Gasteiger partial charge in [-0.2, -0.15) is 0 Å². The second-order valence-corrected chi connectivity index (χ2v) is 6.92. The Kier molecular flexibility index (Phi) is 5.48. The van der Waals surface area contributed by atoms with Crippen LogP contribution in [-0.4, -0.2) is 40.3 Å². The number of likely N-dealkylation sites (N-methyl/N-ethyl adjacent to an activating group) is 1. The van der Waals surface area contributed by atoms with Crippen molar-refractivity contribution >= 4 is 23.2 Å². The summed E-state index contributed by atoms with van der Waals surface area (Å²) >= 11 is 1.36. The molecule has 0 bridgehead atoms. The molecule has 0 unspecified atom stereocenters. The Morgan fingerprint density at radius 1 is 1.23 bits per heavy atom. The number of carbonyl (C=O) groups excluding carboxylic acids is 2. The van der Waals surface area contributed by atoms with Crippen molar-refractivity contribution in [2.75, 3.05) is 13.6 Å². The summed E-state index contributed by atoms with van der Waals surface area (Å²) in [5.74, 6) is 0.277. The number of aromatic nitrogens is 2. The Bertz CT molecular complexity index is 874. The Morgan fingerprint density at radius 2 is 2.00 bits per heavy atom. The zero-order chi connectivity index (χ0) is 18.5. The molecular formula is C19H20N4O2S. The summed E-state index contributed by atoms with van der Waals surface area (Å²) in [6.07, 6.45) is 1.75. The van der Waals surface area contributed by atoms with Crippen molar-refractivity contribution in [1.82, 2.24) is 20.2 Å². The number of hydrogen-bond donors (Lipinski definition) is 2. The van der Waals surface area contributed by atoms with Crippen LogP contribution in [0, 0.1) is 0 Å². The van der Waals surface area contributed by atoms with E-state index in [4.69, 9.17) is 0 Å². The molecule has 1 aromatic carbocycles. The van der Waals surface area contributed by atoms with E-state index < -0.39 is 0 Å². The van der Waals surface area contributed by atoms with Crippen molar-refractivity contribution in [2.24, 2.45) is 0 Å². The fourth-order valence-electron chi connectivity index (χ4n) is 2.55. The van der Waals surface area contributed by atoms with Crippen LogP contribution in [0.5, 0.6) is 0 Å². The molecule has 26 heavy (non-hydrogen) atoms. The van der Waals surface area contributed by atoms with Crippen LogP contribution < -0.4 is 5.32 Å². The fraction of sp³-hybridized carbons (Fsp3) is 0.211. The van der Waals surface area contributed by atoms with E-state index in [2.05, 4.69) is 15.3 Å². The monoisotopic (exact) mass is 368 g/mol. The predicted molar refractivity (Wildman–Crippen MR) is 102 cm³/mol. The van der Waals surface area contributed by atoms with E-state index in [0.29, 0.717) is 10.7 Å². The van der Waals surface area contributed by atoms with Gasteiger partial charge in [-0.25, -0.2) is 4.98 Å². The number of hydrogen-bond acceptors (Lipinski definition) is 4. The average molecular weight is 368 g/mol. The molecular weight excluding hydrogens is 348 g/mol. The number of benzene rings is 1. The van der Waals surface area contributed by atoms with Gasteiger partial charge >= 0.3 is 0 Å². The molecule has 3 aromatic rings. The standard InChI is InChI=1S/C19H20N4O2S/c1-13(18-20-11-15(22-18)14-7-4-3-5-8-14)21-17(24)12-23(2)19(25)16-9-6-10-26-16/h3-11,13H,12H2,1-2H3,(H,20,22)(H,21,24)/t13-/m1/s1. The van der Waals surface area contributed by atoms with E-state index in [9.17, 15) is 9.59 Å². The summed E-state index contributed by atoms with van der Waals surface area (Å²) in [6, 6.07) is 13.1. The molecule has 0 saturated heterocycles. The highest BCUT2D eigenvalue weighted by atomic mass is 32.1. The van der Waals surface area contributed by atoms with Gasteiger partial charge in [-0.15, -0.1) is 11.3 Å². The summed E-state index contributed by atoms with van der Waals surface area (Å²) in [6.45, 7) is 1.85. The van der Waals surface area contributed by atoms with Crippen molar-refractivity contribution in [3.8, 4) is 11.3 Å². The first-order valence-corrected chi connectivity index (χ1v) is 9.11. The van der Waals surface area contributed by atoms with E-state index in [1.54, 1.807) is 19.3 Å². The quantitative estimate of drug-likeness (QED) is 0.702. The molecule has 134 valence electrons. The number of amides is 2. The molecule has 2 N–H and O–H groups in total. The van der Waals surface area contributed by atoms with Gasteiger partial charge in [0.15, 0.2) is 0 Å². The van der Waals surface area contributed by atoms with Crippen LogP contribution in [0.4, 0.5) is 0 Å². The summed E-state index contributed by atoms with van der Waals surface area (Å²) < 4.78 is 0. The first kappa shape index (κ1) is 17.9. The number of imidazole rings is 1. The normalized spacial score (nSPS) is 11.8. The number of nitrogens with zero attached hydrogens (tertiary/aromatic N) is 2. The highest BCUT2D eigenvalue weighted by molar-refractivity contribution is 7.12. The molecule has 0 saturated carbocycles. The molecule has 0 aliphatic rings. The van der Waals surface area contributed by atoms with E-state index in [1.807, 2.05) is 48.7 Å². The van der Waals surface area contributed by atoms with Gasteiger partial charge in [0.2, 0.25) is 5.91 Å². The number of thiophene rings is 1. The van der Waals surface area contributed by atoms with E-state index in [0.717, 1.165) is 11.3 Å². The molecule has 0 spiro atoms. The van der Waals surface area contributed by atoms with E-state index >= 15 is 0 Å². The molecule has 0 aliphatic carbocycles. The molecule has 0 aliphatic heterocycles. The third kappa shape index (κ3) is 4.18. The molecule has 0 radical (unpaired) electrons. The zero-order valence-corrected chi connectivity index (χ0v) is 15.4. The third-order valence-corrected chi connectivity index (χ3v) is 4.79. The molecule has 3 rings (SSSR count). The lowest BCUT2D eigenvalue weighted by Crippen LogP contribution is -2.39. The highest BCUT2D eigenvalue weighted by Crippen LogP contribution is 2.18. The van der Waals surface area contributed by atoms with Crippen LogP contribution in [0.2, 0.25) is 0 Å². The number of H-pyrrole nitrogens is 1. The van der Waals surface area contributed by atoms with Crippen LogP contribution in [0.3, 0.4) is 0 Å². The van der Waals surface area contributed by atoms with E-state index in [1.165, 1.54) is 16.2 Å². The second kappa shape index (κ2) is 7.97. The van der Waals surface area contributed by atoms with Gasteiger partial charge in [0.25, 0.3) is 5.91 Å². The van der Waals surface area contributed by atoms with Crippen molar-refractivity contribution in [3.05, 3.63) is 64.7 Å². The van der Waals surface area contributed by atoms with Crippen molar-refractivity contribution in [3.63, 3.8) is 0 Å². The summed E-state index contributed by atoms with van der Waals surface area (Å²) in [4.78, 5) is 34.0. The Balaban J connectivity index is 1.57. The largest absolute Gasteiger partial charge is 0.345 e. The Labute approximate surface area is 155 Å². The lowest BCUT2D eigenvalue weighted by atomic mass is 10.2. The van der Waals surface area contributed by atoms with Gasteiger partial charge in [0.1, 0.15) is 5.82 Å². The van der Waals surface area contributed by atoms with Gasteiger partial charge in [0, 0.05) is 7.05 Å². The highest BCUT2D eigenvalue weighted by Gasteiger charge is 2.18. The Hall–Kier alpha value is -2.93. The number of nitrogens with one attached hydrogen (secondary N) is 2. The maximum Gasteiger partial charge on any atom is 0.264 e. The minimum atomic E-state index is -0.287. The van der Waals surface area contributed by atoms with Crippen LogP contribution in [0.15, 0.2) is 54.0 Å². The van der Waals surface area contributed by atoms with Gasteiger partial charge in [0.05, 0.1) is 29.4 Å². The number of carbonyl (C=O) groups is 2. The summed E-state index contributed by atoms with van der Waals surface area (Å²) in [7, 11) is 1.62. The average Bonchev–Trinajstić information content (AvgIpc) is 3.33. The molecule has 0 fully saturated rings. The van der Waals surface area contributed by atoms with Crippen molar-refractivity contribution < 1.29 is 9.59 Å². The molecule has 2 amide bonds. The lowest BCUT2D eigenvalue weighted by molar-refractivity contribution is -0.122. The topological polar surface area (TPSA) is 78.1 Å². The fourth-order valence-corrected chi connectivity index (χ4v) is 3.27. The number of aromatic amines is 1. The number of rotatable bonds is 6. The van der Waals surface area contributed by atoms with Crippen LogP contribution >= 0.6 is 11.3 Å². The maximum absolute atomic E-state index is 12.2. The molecule has 7 heteroatoms. The lowest BCUT2D eigenvalue weighted by Gasteiger charge is -2.18. The van der Waals surface area contributed by atoms with Crippen LogP contribution in [0.1, 0.15) is 28.5 Å². The molecule has 2 aromatic heterocycles. The van der Waals surface area contributed by atoms with Gasteiger partial charge in [-0.1, -0.05) is 36.4 Å². The van der Waals surface area contributed by atoms with Crippen LogP contribution in [-0.2, 0) is 4.79 Å². The molecule has 2 heterocycles. The first-order chi connectivity index (χ1) is 12.5. The van der Waals surface area contributed by atoms with Gasteiger partial charge in [-0.05, 0) is 23.9 Å². The van der Waals surface area contributed by atoms with Gasteiger partial charge < -0.3 is 15.2 Å². The Morgan fingerprint density at radius 3 is 2.69 bits per heavy atom. The van der Waals surface area contributed by atoms with Crippen molar-refractivity contribution in [2.45, 2.75) is 13.0 Å². The molecule has 6 nitrogen and oxygen atoms in total. The predicted octanol–water partition coefficient (Wildman–Crippen LogP) is 3.09. The van der Waals surface area contributed by atoms with Crippen molar-refractivity contribution in [1.29, 1.82) is 0 Å². The minimum Gasteiger partial charge on any atom is -0.345 e. The summed E-state index contributed by atoms with van der Waals surface area (Å²) in [5.41, 5.74) is 1.93. The minimum absolute atomic E-state index is 0.00662. The SMILES string of the molecule is C[C@@H](NC(=O)CN(C)C(=O)c1cccs1)c1ncc(-c2ccccc2)[nH]1. The van der Waals surface area contributed by atoms with Gasteiger partial charge in [-0.3, -0.25) is 9.59 Å². The maximum atomic E-state index is 12.2. The second-order valence-electron chi connectivity index (χ2n) is 5.98. The first-order valence-electron chi connectivity index (χ1n) is 8.23. The smallest absolute Gasteiger partial charge is 0.264 e. The summed E-state index contributed by atoms with van der Waals surface area (Å²) in [5, 5.41) is 4.71. The molecule has 1 atom stereocenters. The zero-order valence-electron chi connectivity index (χ0n) is 14.6. The van der Waals surface area contributed by atoms with E-state index in [-0.39, 0.29) is 24.4 Å².